The highest BCUT2D eigenvalue weighted by Gasteiger charge is 2.34. The summed E-state index contributed by atoms with van der Waals surface area (Å²) < 4.78 is 44.1. The van der Waals surface area contributed by atoms with Crippen molar-refractivity contribution in [3.63, 3.8) is 0 Å². The molecule has 1 fully saturated rings. The van der Waals surface area contributed by atoms with Gasteiger partial charge in [-0.25, -0.2) is 15.0 Å². The second-order valence-electron chi connectivity index (χ2n) is 8.02. The maximum Gasteiger partial charge on any atom is 0.451 e. The molecule has 1 saturated heterocycles. The highest BCUT2D eigenvalue weighted by Crippen LogP contribution is 2.31. The number of amides is 1. The molecular formula is C22H22F3N5O2S. The maximum absolute atomic E-state index is 13.0. The van der Waals surface area contributed by atoms with Crippen LogP contribution in [0.2, 0.25) is 0 Å². The number of aryl methyl sites for hydroxylation is 1. The summed E-state index contributed by atoms with van der Waals surface area (Å²) in [6.07, 6.45) is -0.678. The van der Waals surface area contributed by atoms with Crippen LogP contribution in [0.25, 0.3) is 10.6 Å². The van der Waals surface area contributed by atoms with E-state index >= 15 is 0 Å². The van der Waals surface area contributed by atoms with Crippen LogP contribution < -0.4 is 10.1 Å². The zero-order chi connectivity index (χ0) is 23.8. The van der Waals surface area contributed by atoms with Crippen molar-refractivity contribution in [1.29, 1.82) is 0 Å². The third-order valence-electron chi connectivity index (χ3n) is 5.14. The molecule has 33 heavy (non-hydrogen) atoms. The predicted molar refractivity (Wildman–Crippen MR) is 117 cm³/mol. The van der Waals surface area contributed by atoms with Crippen molar-refractivity contribution in [3.8, 4) is 16.3 Å². The van der Waals surface area contributed by atoms with E-state index in [0.29, 0.717) is 16.9 Å². The summed E-state index contributed by atoms with van der Waals surface area (Å²) in [4.78, 5) is 27.3. The molecule has 7 nitrogen and oxygen atoms in total. The molecule has 4 rings (SSSR count). The Bertz CT molecular complexity index is 1140. The van der Waals surface area contributed by atoms with Crippen LogP contribution in [0.5, 0.6) is 5.75 Å². The lowest BCUT2D eigenvalue weighted by atomic mass is 10.1. The van der Waals surface area contributed by atoms with E-state index in [1.54, 1.807) is 25.3 Å². The molecule has 1 aliphatic rings. The number of carbonyl (C=O) groups is 1. The normalized spacial score (nSPS) is 15.7. The Labute approximate surface area is 192 Å². The maximum atomic E-state index is 13.0. The smallest absolute Gasteiger partial charge is 0.451 e. The molecule has 2 aromatic heterocycles. The van der Waals surface area contributed by atoms with Crippen LogP contribution in [0.1, 0.15) is 39.6 Å². The summed E-state index contributed by atoms with van der Waals surface area (Å²) in [5.74, 6) is -1.05. The highest BCUT2D eigenvalue weighted by atomic mass is 32.1. The monoisotopic (exact) mass is 477 g/mol. The number of thiazole rings is 1. The van der Waals surface area contributed by atoms with Crippen molar-refractivity contribution in [2.45, 2.75) is 32.2 Å². The summed E-state index contributed by atoms with van der Waals surface area (Å²) >= 11 is 1.51. The number of nitrogens with zero attached hydrogens (tertiary/aromatic N) is 4. The first-order chi connectivity index (χ1) is 15.6. The lowest BCUT2D eigenvalue weighted by molar-refractivity contribution is -0.145. The molecule has 1 aromatic carbocycles. The fourth-order valence-electron chi connectivity index (χ4n) is 3.39. The van der Waals surface area contributed by atoms with Crippen molar-refractivity contribution in [2.75, 3.05) is 20.1 Å². The number of halogens is 3. The van der Waals surface area contributed by atoms with Crippen LogP contribution in [-0.4, -0.2) is 52.0 Å². The number of likely N-dealkylation sites (tertiary alicyclic amines) is 1. The van der Waals surface area contributed by atoms with E-state index in [2.05, 4.69) is 25.2 Å². The first kappa shape index (κ1) is 23.1. The molecule has 0 saturated carbocycles. The van der Waals surface area contributed by atoms with Gasteiger partial charge in [-0.05, 0) is 39.1 Å². The van der Waals surface area contributed by atoms with E-state index in [4.69, 9.17) is 4.74 Å². The number of likely N-dealkylation sites (N-methyl/N-ethyl adjacent to an activating group) is 1. The Morgan fingerprint density at radius 2 is 1.88 bits per heavy atom. The van der Waals surface area contributed by atoms with Crippen molar-refractivity contribution in [2.24, 2.45) is 0 Å². The number of benzene rings is 1. The zero-order valence-electron chi connectivity index (χ0n) is 18.2. The number of hydrogen-bond acceptors (Lipinski definition) is 7. The minimum absolute atomic E-state index is 0.0439. The average Bonchev–Trinajstić information content (AvgIpc) is 3.18. The molecule has 1 unspecified atom stereocenters. The van der Waals surface area contributed by atoms with Crippen LogP contribution in [0.3, 0.4) is 0 Å². The molecule has 11 heteroatoms. The predicted octanol–water partition coefficient (Wildman–Crippen LogP) is 4.11. The van der Waals surface area contributed by atoms with E-state index in [1.807, 2.05) is 20.0 Å². The largest absolute Gasteiger partial charge is 0.488 e. The van der Waals surface area contributed by atoms with Gasteiger partial charge in [0.15, 0.2) is 0 Å². The van der Waals surface area contributed by atoms with Gasteiger partial charge in [-0.3, -0.25) is 9.69 Å². The molecule has 174 valence electrons. The molecule has 1 amide bonds. The summed E-state index contributed by atoms with van der Waals surface area (Å²) in [6, 6.07) is 4.65. The van der Waals surface area contributed by atoms with Gasteiger partial charge in [-0.15, -0.1) is 11.3 Å². The molecule has 1 atom stereocenters. The number of rotatable bonds is 6. The lowest BCUT2D eigenvalue weighted by Crippen LogP contribution is -2.51. The van der Waals surface area contributed by atoms with Crippen LogP contribution in [-0.2, 0) is 6.18 Å². The van der Waals surface area contributed by atoms with Gasteiger partial charge in [0.2, 0.25) is 5.82 Å². The number of alkyl halides is 3. The standard InChI is InChI=1S/C22H22F3N5O2S/c1-12-7-26-20(33-12)15-4-14(5-17(6-15)32-18-10-30(3)11-18)19(31)29-13(2)16-8-27-21(28-9-16)22(23,24)25/h4-9,13,18H,10-11H2,1-3H3,(H,29,31). The molecule has 0 aliphatic carbocycles. The number of nitrogens with one attached hydrogen (secondary N) is 1. The second kappa shape index (κ2) is 9.06. The van der Waals surface area contributed by atoms with Gasteiger partial charge in [0.1, 0.15) is 16.9 Å². The van der Waals surface area contributed by atoms with Crippen LogP contribution in [0, 0.1) is 6.92 Å². The van der Waals surface area contributed by atoms with Crippen LogP contribution >= 0.6 is 11.3 Å². The number of carbonyl (C=O) groups excluding carboxylic acids is 1. The second-order valence-corrected chi connectivity index (χ2v) is 9.25. The Morgan fingerprint density at radius 3 is 2.45 bits per heavy atom. The summed E-state index contributed by atoms with van der Waals surface area (Å²) in [5.41, 5.74) is 1.48. The van der Waals surface area contributed by atoms with E-state index in [1.165, 1.54) is 11.3 Å². The molecule has 3 aromatic rings. The Morgan fingerprint density at radius 1 is 1.18 bits per heavy atom. The van der Waals surface area contributed by atoms with Crippen molar-refractivity contribution < 1.29 is 22.7 Å². The number of aromatic nitrogens is 3. The Hall–Kier alpha value is -3.05. The van der Waals surface area contributed by atoms with E-state index < -0.39 is 23.9 Å². The minimum Gasteiger partial charge on any atom is -0.488 e. The number of ether oxygens (including phenoxy) is 1. The fraction of sp³-hybridized carbons (Fsp3) is 0.364. The minimum atomic E-state index is -4.62. The van der Waals surface area contributed by atoms with Crippen molar-refractivity contribution >= 4 is 17.2 Å². The third-order valence-corrected chi connectivity index (χ3v) is 6.11. The summed E-state index contributed by atoms with van der Waals surface area (Å²) in [6.45, 7) is 5.20. The molecular weight excluding hydrogens is 455 g/mol. The van der Waals surface area contributed by atoms with Gasteiger partial charge in [-0.1, -0.05) is 0 Å². The molecule has 0 bridgehead atoms. The zero-order valence-corrected chi connectivity index (χ0v) is 19.0. The molecule has 0 spiro atoms. The number of hydrogen-bond donors (Lipinski definition) is 1. The quantitative estimate of drug-likeness (QED) is 0.576. The van der Waals surface area contributed by atoms with Crippen LogP contribution in [0.4, 0.5) is 13.2 Å². The molecule has 1 aliphatic heterocycles. The third kappa shape index (κ3) is 5.48. The van der Waals surface area contributed by atoms with Crippen LogP contribution in [0.15, 0.2) is 36.8 Å². The topological polar surface area (TPSA) is 80.2 Å². The van der Waals surface area contributed by atoms with Gasteiger partial charge >= 0.3 is 6.18 Å². The van der Waals surface area contributed by atoms with Gasteiger partial charge in [0, 0.05) is 53.2 Å². The van der Waals surface area contributed by atoms with Gasteiger partial charge in [0.25, 0.3) is 5.91 Å². The Balaban J connectivity index is 1.55. The van der Waals surface area contributed by atoms with Gasteiger partial charge in [0.05, 0.1) is 6.04 Å². The summed E-state index contributed by atoms with van der Waals surface area (Å²) in [5, 5.41) is 3.55. The molecule has 1 N–H and O–H groups in total. The Kier molecular flexibility index (Phi) is 6.35. The van der Waals surface area contributed by atoms with E-state index in [-0.39, 0.29) is 6.10 Å². The molecule has 3 heterocycles. The van der Waals surface area contributed by atoms with Gasteiger partial charge in [-0.2, -0.15) is 13.2 Å². The first-order valence-electron chi connectivity index (χ1n) is 10.2. The SMILES string of the molecule is Cc1cnc(-c2cc(OC3CN(C)C3)cc(C(=O)NC(C)c3cnc(C(F)(F)F)nc3)c2)s1. The highest BCUT2D eigenvalue weighted by molar-refractivity contribution is 7.14. The van der Waals surface area contributed by atoms with Crippen molar-refractivity contribution in [3.05, 3.63) is 58.6 Å². The fourth-order valence-corrected chi connectivity index (χ4v) is 4.14. The molecule has 0 radical (unpaired) electrons. The van der Waals surface area contributed by atoms with E-state index in [0.717, 1.165) is 40.9 Å². The van der Waals surface area contributed by atoms with E-state index in [9.17, 15) is 18.0 Å². The van der Waals surface area contributed by atoms with Crippen molar-refractivity contribution in [1.82, 2.24) is 25.2 Å². The summed E-state index contributed by atoms with van der Waals surface area (Å²) in [7, 11) is 2.00. The first-order valence-corrected chi connectivity index (χ1v) is 11.0. The van der Waals surface area contributed by atoms with Gasteiger partial charge < -0.3 is 10.1 Å². The average molecular weight is 478 g/mol. The lowest BCUT2D eigenvalue weighted by Gasteiger charge is -2.36.